The number of carbonyl (C=O) groups is 2. The van der Waals surface area contributed by atoms with E-state index in [2.05, 4.69) is 0 Å². The zero-order valence-electron chi connectivity index (χ0n) is 6.16. The summed E-state index contributed by atoms with van der Waals surface area (Å²) >= 11 is 0. The molecular weight excluding hydrogens is 146 g/mol. The Kier molecular flexibility index (Phi) is 2.03. The van der Waals surface area contributed by atoms with Crippen molar-refractivity contribution in [1.82, 2.24) is 4.90 Å². The maximum Gasteiger partial charge on any atom is 0.230 e. The van der Waals surface area contributed by atoms with Crippen molar-refractivity contribution in [3.05, 3.63) is 0 Å². The Labute approximate surface area is 64.2 Å². The molecule has 4 heteroatoms. The van der Waals surface area contributed by atoms with Crippen molar-refractivity contribution in [3.63, 3.8) is 0 Å². The molecule has 0 saturated carbocycles. The summed E-state index contributed by atoms with van der Waals surface area (Å²) in [5, 5.41) is 0. The standard InChI is InChI=1S/C7H8NO3/c1-5(4-9)8-6(10)2-3-7(8)11/h5H,2-3H2,1H3. The first kappa shape index (κ1) is 7.91. The first-order valence-electron chi connectivity index (χ1n) is 3.39. The van der Waals surface area contributed by atoms with E-state index < -0.39 is 6.04 Å². The number of likely N-dealkylation sites (tertiary alicyclic amines) is 1. The molecule has 0 aliphatic carbocycles. The van der Waals surface area contributed by atoms with Crippen LogP contribution >= 0.6 is 0 Å². The number of amides is 2. The minimum absolute atomic E-state index is 0.227. The second kappa shape index (κ2) is 2.82. The van der Waals surface area contributed by atoms with E-state index in [1.54, 1.807) is 6.29 Å². The van der Waals surface area contributed by atoms with Gasteiger partial charge >= 0.3 is 0 Å². The van der Waals surface area contributed by atoms with Gasteiger partial charge in [0.25, 0.3) is 0 Å². The van der Waals surface area contributed by atoms with Gasteiger partial charge in [-0.3, -0.25) is 19.3 Å². The van der Waals surface area contributed by atoms with Gasteiger partial charge < -0.3 is 0 Å². The monoisotopic (exact) mass is 154 g/mol. The highest BCUT2D eigenvalue weighted by molar-refractivity contribution is 6.03. The summed E-state index contributed by atoms with van der Waals surface area (Å²) in [7, 11) is 0. The predicted molar refractivity (Wildman–Crippen MR) is 36.2 cm³/mol. The van der Waals surface area contributed by atoms with Crippen LogP contribution in [0, 0.1) is 0 Å². The maximum absolute atomic E-state index is 10.9. The van der Waals surface area contributed by atoms with Crippen molar-refractivity contribution in [2.45, 2.75) is 25.8 Å². The van der Waals surface area contributed by atoms with Crippen LogP contribution in [0.5, 0.6) is 0 Å². The third-order valence-corrected chi connectivity index (χ3v) is 1.65. The Morgan fingerprint density at radius 2 is 1.82 bits per heavy atom. The molecule has 0 bridgehead atoms. The van der Waals surface area contributed by atoms with Crippen LogP contribution in [0.1, 0.15) is 19.8 Å². The minimum atomic E-state index is -0.725. The zero-order chi connectivity index (χ0) is 8.43. The molecule has 0 spiro atoms. The lowest BCUT2D eigenvalue weighted by molar-refractivity contribution is -0.139. The van der Waals surface area contributed by atoms with Gasteiger partial charge in [-0.2, -0.15) is 0 Å². The maximum atomic E-state index is 10.9. The molecule has 1 rings (SSSR count). The summed E-state index contributed by atoms with van der Waals surface area (Å²) in [5.41, 5.74) is 0. The average Bonchev–Trinajstić information content (AvgIpc) is 2.30. The third-order valence-electron chi connectivity index (χ3n) is 1.65. The topological polar surface area (TPSA) is 54.5 Å². The molecule has 1 atom stereocenters. The van der Waals surface area contributed by atoms with Gasteiger partial charge in [0.05, 0.1) is 0 Å². The van der Waals surface area contributed by atoms with E-state index in [4.69, 9.17) is 0 Å². The lowest BCUT2D eigenvalue weighted by Gasteiger charge is -2.15. The number of rotatable bonds is 2. The van der Waals surface area contributed by atoms with Crippen LogP contribution in [0.25, 0.3) is 0 Å². The Morgan fingerprint density at radius 3 is 2.18 bits per heavy atom. The largest absolute Gasteiger partial charge is 0.288 e. The summed E-state index contributed by atoms with van der Waals surface area (Å²) in [5.74, 6) is -0.545. The van der Waals surface area contributed by atoms with Crippen LogP contribution < -0.4 is 0 Å². The van der Waals surface area contributed by atoms with Gasteiger partial charge in [-0.25, -0.2) is 0 Å². The fourth-order valence-electron chi connectivity index (χ4n) is 1.08. The van der Waals surface area contributed by atoms with Gasteiger partial charge in [0, 0.05) is 12.8 Å². The minimum Gasteiger partial charge on any atom is -0.288 e. The van der Waals surface area contributed by atoms with Gasteiger partial charge in [0.1, 0.15) is 6.04 Å². The van der Waals surface area contributed by atoms with Crippen LogP contribution in [0.4, 0.5) is 0 Å². The molecule has 0 aromatic carbocycles. The first-order chi connectivity index (χ1) is 5.16. The molecule has 4 nitrogen and oxygen atoms in total. The van der Waals surface area contributed by atoms with Crippen molar-refractivity contribution >= 4 is 18.1 Å². The molecule has 59 valence electrons. The normalized spacial score (nSPS) is 20.6. The van der Waals surface area contributed by atoms with Crippen LogP contribution in [0.3, 0.4) is 0 Å². The van der Waals surface area contributed by atoms with Crippen LogP contribution in [0.2, 0.25) is 0 Å². The van der Waals surface area contributed by atoms with Crippen molar-refractivity contribution in [1.29, 1.82) is 0 Å². The summed E-state index contributed by atoms with van der Waals surface area (Å²) in [4.78, 5) is 32.9. The highest BCUT2D eigenvalue weighted by Gasteiger charge is 2.32. The van der Waals surface area contributed by atoms with E-state index in [1.807, 2.05) is 0 Å². The first-order valence-corrected chi connectivity index (χ1v) is 3.39. The molecule has 1 heterocycles. The summed E-state index contributed by atoms with van der Waals surface area (Å²) < 4.78 is 0. The average molecular weight is 154 g/mol. The summed E-state index contributed by atoms with van der Waals surface area (Å²) in [6.07, 6.45) is 2.06. The predicted octanol–water partition coefficient (Wildman–Crippen LogP) is -0.366. The van der Waals surface area contributed by atoms with Crippen molar-refractivity contribution in [2.24, 2.45) is 0 Å². The number of hydrogen-bond acceptors (Lipinski definition) is 3. The van der Waals surface area contributed by atoms with Crippen LogP contribution in [-0.2, 0) is 14.4 Å². The number of imide groups is 1. The van der Waals surface area contributed by atoms with Gasteiger partial charge in [-0.1, -0.05) is 0 Å². The molecule has 1 unspecified atom stereocenters. The fraction of sp³-hybridized carbons (Fsp3) is 0.571. The Morgan fingerprint density at radius 1 is 1.36 bits per heavy atom. The molecule has 1 aliphatic heterocycles. The van der Waals surface area contributed by atoms with Gasteiger partial charge in [0.2, 0.25) is 18.1 Å². The van der Waals surface area contributed by atoms with E-state index in [-0.39, 0.29) is 24.7 Å². The molecule has 0 aromatic rings. The second-order valence-electron chi connectivity index (χ2n) is 2.45. The molecular formula is C7H8NO3. The van der Waals surface area contributed by atoms with Gasteiger partial charge in [0.15, 0.2) is 0 Å². The Balaban J connectivity index is 2.75. The Hall–Kier alpha value is -1.19. The zero-order valence-corrected chi connectivity index (χ0v) is 6.16. The van der Waals surface area contributed by atoms with E-state index in [9.17, 15) is 14.4 Å². The molecule has 1 saturated heterocycles. The second-order valence-corrected chi connectivity index (χ2v) is 2.45. The molecule has 1 fully saturated rings. The van der Waals surface area contributed by atoms with E-state index in [1.165, 1.54) is 6.92 Å². The Bertz CT molecular complexity index is 196. The lowest BCUT2D eigenvalue weighted by atomic mass is 10.3. The fourth-order valence-corrected chi connectivity index (χ4v) is 1.08. The van der Waals surface area contributed by atoms with Crippen molar-refractivity contribution in [3.8, 4) is 0 Å². The van der Waals surface area contributed by atoms with Gasteiger partial charge in [-0.05, 0) is 6.92 Å². The molecule has 2 amide bonds. The van der Waals surface area contributed by atoms with E-state index in [0.717, 1.165) is 4.90 Å². The number of hydrogen-bond donors (Lipinski definition) is 0. The molecule has 1 radical (unpaired) electrons. The SMILES string of the molecule is CC([C]=O)N1C(=O)CCC1=O. The summed E-state index contributed by atoms with van der Waals surface area (Å²) in [6, 6.07) is -0.725. The van der Waals surface area contributed by atoms with E-state index in [0.29, 0.717) is 0 Å². The van der Waals surface area contributed by atoms with Crippen LogP contribution in [-0.4, -0.2) is 29.0 Å². The molecule has 0 N–H and O–H groups in total. The smallest absolute Gasteiger partial charge is 0.230 e. The number of carbonyl (C=O) groups excluding carboxylic acids is 3. The lowest BCUT2D eigenvalue weighted by Crippen LogP contribution is -2.38. The molecule has 1 aliphatic rings. The highest BCUT2D eigenvalue weighted by atomic mass is 16.2. The molecule has 0 aromatic heterocycles. The van der Waals surface area contributed by atoms with E-state index >= 15 is 0 Å². The number of nitrogens with zero attached hydrogens (tertiary/aromatic N) is 1. The highest BCUT2D eigenvalue weighted by Crippen LogP contribution is 2.13. The third kappa shape index (κ3) is 1.29. The molecule has 11 heavy (non-hydrogen) atoms. The quantitative estimate of drug-likeness (QED) is 0.510. The van der Waals surface area contributed by atoms with Gasteiger partial charge in [-0.15, -0.1) is 0 Å². The van der Waals surface area contributed by atoms with Crippen molar-refractivity contribution < 1.29 is 14.4 Å². The summed E-state index contributed by atoms with van der Waals surface area (Å²) in [6.45, 7) is 1.48. The van der Waals surface area contributed by atoms with Crippen LogP contribution in [0.15, 0.2) is 0 Å². The van der Waals surface area contributed by atoms with Crippen molar-refractivity contribution in [2.75, 3.05) is 0 Å².